The lowest BCUT2D eigenvalue weighted by atomic mass is 10.2. The predicted octanol–water partition coefficient (Wildman–Crippen LogP) is 2.19. The van der Waals surface area contributed by atoms with Crippen LogP contribution < -0.4 is 10.1 Å². The number of nitrogens with zero attached hydrogens (tertiary/aromatic N) is 3. The van der Waals surface area contributed by atoms with Crippen molar-refractivity contribution in [2.45, 2.75) is 13.5 Å². The van der Waals surface area contributed by atoms with Gasteiger partial charge in [-0.05, 0) is 19.1 Å². The standard InChI is InChI=1S/C16H15N5O4/c1-2-25-16-10(4-3-7-17-16)9-18-15(22)14-12-8-11(21(23)24)5-6-13(12)19-20-14/h3-8H,2,9H2,1H3,(H,18,22)(H,19,20). The zero-order valence-electron chi connectivity index (χ0n) is 13.4. The van der Waals surface area contributed by atoms with E-state index in [9.17, 15) is 14.9 Å². The van der Waals surface area contributed by atoms with Crippen molar-refractivity contribution >= 4 is 22.5 Å². The van der Waals surface area contributed by atoms with E-state index in [0.29, 0.717) is 23.4 Å². The lowest BCUT2D eigenvalue weighted by Gasteiger charge is -2.09. The largest absolute Gasteiger partial charge is 0.478 e. The Morgan fingerprint density at radius 2 is 2.24 bits per heavy atom. The Morgan fingerprint density at radius 1 is 1.40 bits per heavy atom. The van der Waals surface area contributed by atoms with Gasteiger partial charge in [-0.2, -0.15) is 5.10 Å². The van der Waals surface area contributed by atoms with E-state index in [1.165, 1.54) is 18.2 Å². The van der Waals surface area contributed by atoms with Crippen molar-refractivity contribution in [3.63, 3.8) is 0 Å². The van der Waals surface area contributed by atoms with Gasteiger partial charge in [-0.3, -0.25) is 20.0 Å². The molecule has 0 aliphatic rings. The summed E-state index contributed by atoms with van der Waals surface area (Å²) in [7, 11) is 0. The molecule has 0 atom stereocenters. The van der Waals surface area contributed by atoms with Crippen LogP contribution in [0.5, 0.6) is 5.88 Å². The molecule has 3 rings (SSSR count). The average Bonchev–Trinajstić information content (AvgIpc) is 3.04. The third-order valence-corrected chi connectivity index (χ3v) is 3.54. The van der Waals surface area contributed by atoms with Gasteiger partial charge in [-0.1, -0.05) is 6.07 Å². The van der Waals surface area contributed by atoms with Crippen LogP contribution in [0.4, 0.5) is 5.69 Å². The second-order valence-electron chi connectivity index (χ2n) is 5.14. The number of nitrogens with one attached hydrogen (secondary N) is 2. The van der Waals surface area contributed by atoms with Crippen LogP contribution in [-0.4, -0.2) is 32.6 Å². The molecule has 1 aromatic carbocycles. The Kier molecular flexibility index (Phi) is 4.55. The maximum absolute atomic E-state index is 12.4. The molecule has 0 unspecified atom stereocenters. The highest BCUT2D eigenvalue weighted by Crippen LogP contribution is 2.22. The molecule has 0 saturated carbocycles. The Hall–Kier alpha value is -3.49. The normalized spacial score (nSPS) is 10.6. The highest BCUT2D eigenvalue weighted by molar-refractivity contribution is 6.05. The number of nitro groups is 1. The minimum absolute atomic E-state index is 0.0977. The Labute approximate surface area is 142 Å². The lowest BCUT2D eigenvalue weighted by Crippen LogP contribution is -2.24. The first kappa shape index (κ1) is 16.4. The van der Waals surface area contributed by atoms with Gasteiger partial charge in [-0.25, -0.2) is 4.98 Å². The molecular weight excluding hydrogens is 326 g/mol. The van der Waals surface area contributed by atoms with Crippen LogP contribution in [0.3, 0.4) is 0 Å². The van der Waals surface area contributed by atoms with Gasteiger partial charge in [0, 0.05) is 35.8 Å². The molecule has 9 heteroatoms. The molecule has 0 aliphatic carbocycles. The zero-order valence-corrected chi connectivity index (χ0v) is 13.4. The number of amides is 1. The minimum atomic E-state index is -0.516. The fraction of sp³-hybridized carbons (Fsp3) is 0.188. The molecule has 2 N–H and O–H groups in total. The van der Waals surface area contributed by atoms with Crippen LogP contribution in [0.25, 0.3) is 10.9 Å². The molecular formula is C16H15N5O4. The average molecular weight is 341 g/mol. The van der Waals surface area contributed by atoms with Gasteiger partial charge in [0.15, 0.2) is 5.69 Å². The Bertz CT molecular complexity index is 937. The summed E-state index contributed by atoms with van der Waals surface area (Å²) in [6.07, 6.45) is 1.61. The van der Waals surface area contributed by atoms with Crippen LogP contribution >= 0.6 is 0 Å². The minimum Gasteiger partial charge on any atom is -0.478 e. The van der Waals surface area contributed by atoms with E-state index in [2.05, 4.69) is 20.5 Å². The summed E-state index contributed by atoms with van der Waals surface area (Å²) in [4.78, 5) is 26.9. The predicted molar refractivity (Wildman–Crippen MR) is 89.3 cm³/mol. The fourth-order valence-corrected chi connectivity index (χ4v) is 2.37. The smallest absolute Gasteiger partial charge is 0.272 e. The van der Waals surface area contributed by atoms with Crippen molar-refractivity contribution in [3.8, 4) is 5.88 Å². The molecule has 0 fully saturated rings. The summed E-state index contributed by atoms with van der Waals surface area (Å²) >= 11 is 0. The number of carbonyl (C=O) groups excluding carboxylic acids is 1. The van der Waals surface area contributed by atoms with Gasteiger partial charge in [0.2, 0.25) is 5.88 Å². The van der Waals surface area contributed by atoms with Crippen LogP contribution in [0, 0.1) is 10.1 Å². The number of fused-ring (bicyclic) bond motifs is 1. The van der Waals surface area contributed by atoms with Crippen molar-refractivity contribution < 1.29 is 14.5 Å². The molecule has 0 spiro atoms. The number of non-ortho nitro benzene ring substituents is 1. The van der Waals surface area contributed by atoms with E-state index in [0.717, 1.165) is 5.56 Å². The molecule has 0 saturated heterocycles. The number of hydrogen-bond donors (Lipinski definition) is 2. The van der Waals surface area contributed by atoms with Gasteiger partial charge in [0.25, 0.3) is 11.6 Å². The van der Waals surface area contributed by atoms with E-state index in [1.54, 1.807) is 18.3 Å². The number of carbonyl (C=O) groups is 1. The first-order valence-corrected chi connectivity index (χ1v) is 7.57. The van der Waals surface area contributed by atoms with Gasteiger partial charge in [-0.15, -0.1) is 0 Å². The van der Waals surface area contributed by atoms with Crippen molar-refractivity contribution in [1.29, 1.82) is 0 Å². The number of rotatable bonds is 6. The molecule has 9 nitrogen and oxygen atoms in total. The van der Waals surface area contributed by atoms with Gasteiger partial charge in [0.1, 0.15) is 0 Å². The quantitative estimate of drug-likeness (QED) is 0.523. The van der Waals surface area contributed by atoms with Crippen LogP contribution in [0.1, 0.15) is 23.0 Å². The number of ether oxygens (including phenoxy) is 1. The monoisotopic (exact) mass is 341 g/mol. The lowest BCUT2D eigenvalue weighted by molar-refractivity contribution is -0.384. The molecule has 128 valence electrons. The topological polar surface area (TPSA) is 123 Å². The molecule has 0 aliphatic heterocycles. The second kappa shape index (κ2) is 6.95. The number of hydrogen-bond acceptors (Lipinski definition) is 6. The molecule has 3 aromatic rings. The van der Waals surface area contributed by atoms with Crippen molar-refractivity contribution in [2.24, 2.45) is 0 Å². The SMILES string of the molecule is CCOc1ncccc1CNC(=O)c1n[nH]c2ccc([N+](=O)[O-])cc12. The Balaban J connectivity index is 1.81. The number of aromatic amines is 1. The van der Waals surface area contributed by atoms with Gasteiger partial charge < -0.3 is 10.1 Å². The third kappa shape index (κ3) is 3.39. The van der Waals surface area contributed by atoms with E-state index in [1.807, 2.05) is 6.92 Å². The number of pyridine rings is 1. The summed E-state index contributed by atoms with van der Waals surface area (Å²) < 4.78 is 5.41. The van der Waals surface area contributed by atoms with E-state index in [-0.39, 0.29) is 17.9 Å². The molecule has 2 aromatic heterocycles. The van der Waals surface area contributed by atoms with E-state index < -0.39 is 10.8 Å². The fourth-order valence-electron chi connectivity index (χ4n) is 2.37. The van der Waals surface area contributed by atoms with Crippen LogP contribution in [0.15, 0.2) is 36.5 Å². The summed E-state index contributed by atoms with van der Waals surface area (Å²) in [5.74, 6) is 0.00544. The van der Waals surface area contributed by atoms with E-state index in [4.69, 9.17) is 4.74 Å². The summed E-state index contributed by atoms with van der Waals surface area (Å²) in [5.41, 5.74) is 1.27. The highest BCUT2D eigenvalue weighted by Gasteiger charge is 2.17. The molecule has 1 amide bonds. The Morgan fingerprint density at radius 3 is 3.00 bits per heavy atom. The van der Waals surface area contributed by atoms with Crippen molar-refractivity contribution in [3.05, 3.63) is 57.9 Å². The number of nitro benzene ring substituents is 1. The second-order valence-corrected chi connectivity index (χ2v) is 5.14. The molecule has 2 heterocycles. The van der Waals surface area contributed by atoms with Crippen LogP contribution in [-0.2, 0) is 6.54 Å². The first-order chi connectivity index (χ1) is 12.1. The van der Waals surface area contributed by atoms with E-state index >= 15 is 0 Å². The number of aromatic nitrogens is 3. The maximum atomic E-state index is 12.4. The number of H-pyrrole nitrogens is 1. The highest BCUT2D eigenvalue weighted by atomic mass is 16.6. The first-order valence-electron chi connectivity index (χ1n) is 7.57. The zero-order chi connectivity index (χ0) is 17.8. The summed E-state index contributed by atoms with van der Waals surface area (Å²) in [6.45, 7) is 2.51. The molecule has 0 bridgehead atoms. The molecule has 25 heavy (non-hydrogen) atoms. The van der Waals surface area contributed by atoms with Crippen LogP contribution in [0.2, 0.25) is 0 Å². The molecule has 0 radical (unpaired) electrons. The maximum Gasteiger partial charge on any atom is 0.272 e. The summed E-state index contributed by atoms with van der Waals surface area (Å²) in [5, 5.41) is 20.7. The van der Waals surface area contributed by atoms with Crippen molar-refractivity contribution in [1.82, 2.24) is 20.5 Å². The van der Waals surface area contributed by atoms with Gasteiger partial charge >= 0.3 is 0 Å². The number of benzene rings is 1. The van der Waals surface area contributed by atoms with Gasteiger partial charge in [0.05, 0.1) is 17.0 Å². The van der Waals surface area contributed by atoms with Crippen molar-refractivity contribution in [2.75, 3.05) is 6.61 Å². The third-order valence-electron chi connectivity index (χ3n) is 3.54. The summed E-state index contributed by atoms with van der Waals surface area (Å²) in [6, 6.07) is 7.74.